The molecule has 4 nitrogen and oxygen atoms in total. The van der Waals surface area contributed by atoms with E-state index >= 15 is 0 Å². The van der Waals surface area contributed by atoms with E-state index in [1.807, 2.05) is 4.90 Å². The molecule has 1 aliphatic heterocycles. The Morgan fingerprint density at radius 2 is 2.13 bits per heavy atom. The quantitative estimate of drug-likeness (QED) is 0.870. The van der Waals surface area contributed by atoms with Crippen molar-refractivity contribution in [3.05, 3.63) is 23.4 Å². The van der Waals surface area contributed by atoms with Crippen LogP contribution < -0.4 is 4.90 Å². The number of halogens is 3. The summed E-state index contributed by atoms with van der Waals surface area (Å²) < 4.78 is 38.8. The number of nitrogens with zero attached hydrogens (tertiary/aromatic N) is 3. The third kappa shape index (κ3) is 4.81. The first-order valence-electron chi connectivity index (χ1n) is 7.96. The Balaban J connectivity index is 2.10. The van der Waals surface area contributed by atoms with Gasteiger partial charge >= 0.3 is 6.18 Å². The molecule has 0 radical (unpaired) electrons. The fourth-order valence-electron chi connectivity index (χ4n) is 3.07. The fourth-order valence-corrected chi connectivity index (χ4v) is 3.07. The molecule has 1 aromatic rings. The highest BCUT2D eigenvalue weighted by atomic mass is 19.4. The van der Waals surface area contributed by atoms with Gasteiger partial charge in [0.15, 0.2) is 0 Å². The lowest BCUT2D eigenvalue weighted by atomic mass is 10.1. The Hall–Kier alpha value is -1.34. The van der Waals surface area contributed by atoms with E-state index in [2.05, 4.69) is 23.9 Å². The molecule has 1 N–H and O–H groups in total. The molecule has 0 aromatic carbocycles. The Bertz CT molecular complexity index is 522. The third-order valence-electron chi connectivity index (χ3n) is 4.13. The minimum absolute atomic E-state index is 0.244. The zero-order valence-electron chi connectivity index (χ0n) is 13.6. The number of aromatic nitrogens is 1. The van der Waals surface area contributed by atoms with Crippen LogP contribution in [0.2, 0.25) is 0 Å². The van der Waals surface area contributed by atoms with Gasteiger partial charge in [-0.25, -0.2) is 4.98 Å². The first-order chi connectivity index (χ1) is 10.8. The number of pyridine rings is 1. The van der Waals surface area contributed by atoms with Crippen LogP contribution in [0.5, 0.6) is 0 Å². The lowest BCUT2D eigenvalue weighted by Crippen LogP contribution is -2.29. The molecule has 0 amide bonds. The standard InChI is InChI=1S/C16H24F3N3O/c1-3-5-21(2)9-12-4-6-22(10-12)15-8-13(11-23)7-14(20-15)16(17,18)19/h7-8,12,23H,3-6,9-11H2,1-2H3. The molecule has 0 spiro atoms. The summed E-state index contributed by atoms with van der Waals surface area (Å²) in [7, 11) is 2.07. The Labute approximate surface area is 134 Å². The van der Waals surface area contributed by atoms with Gasteiger partial charge in [-0.2, -0.15) is 13.2 Å². The highest BCUT2D eigenvalue weighted by molar-refractivity contribution is 5.44. The van der Waals surface area contributed by atoms with Crippen LogP contribution in [0.4, 0.5) is 19.0 Å². The summed E-state index contributed by atoms with van der Waals surface area (Å²) in [5.74, 6) is 0.741. The first-order valence-corrected chi connectivity index (χ1v) is 7.96. The molecule has 1 unspecified atom stereocenters. The molecule has 0 bridgehead atoms. The molecular formula is C16H24F3N3O. The van der Waals surface area contributed by atoms with Crippen LogP contribution in [-0.2, 0) is 12.8 Å². The van der Waals surface area contributed by atoms with E-state index in [-0.39, 0.29) is 5.56 Å². The maximum Gasteiger partial charge on any atom is 0.433 e. The van der Waals surface area contributed by atoms with Crippen molar-refractivity contribution in [1.82, 2.24) is 9.88 Å². The summed E-state index contributed by atoms with van der Waals surface area (Å²) in [4.78, 5) is 7.91. The van der Waals surface area contributed by atoms with Crippen molar-refractivity contribution < 1.29 is 18.3 Å². The second-order valence-corrected chi connectivity index (χ2v) is 6.24. The molecule has 1 aromatic heterocycles. The minimum Gasteiger partial charge on any atom is -0.392 e. The van der Waals surface area contributed by atoms with Gasteiger partial charge in [0, 0.05) is 19.6 Å². The molecule has 1 fully saturated rings. The average Bonchev–Trinajstić information content (AvgIpc) is 2.94. The van der Waals surface area contributed by atoms with Gasteiger partial charge in [0.05, 0.1) is 6.61 Å². The second kappa shape index (κ2) is 7.49. The summed E-state index contributed by atoms with van der Waals surface area (Å²) >= 11 is 0. The summed E-state index contributed by atoms with van der Waals surface area (Å²) in [5.41, 5.74) is -0.695. The predicted octanol–water partition coefficient (Wildman–Crippen LogP) is 2.76. The maximum atomic E-state index is 12.9. The number of aliphatic hydroxyl groups is 1. The largest absolute Gasteiger partial charge is 0.433 e. The Morgan fingerprint density at radius 3 is 2.74 bits per heavy atom. The van der Waals surface area contributed by atoms with Gasteiger partial charge in [-0.3, -0.25) is 0 Å². The minimum atomic E-state index is -4.50. The van der Waals surface area contributed by atoms with E-state index in [0.29, 0.717) is 24.8 Å². The molecule has 130 valence electrons. The van der Waals surface area contributed by atoms with Gasteiger partial charge in [-0.05, 0) is 50.0 Å². The highest BCUT2D eigenvalue weighted by Gasteiger charge is 2.34. The number of anilines is 1. The van der Waals surface area contributed by atoms with E-state index < -0.39 is 18.5 Å². The lowest BCUT2D eigenvalue weighted by molar-refractivity contribution is -0.141. The zero-order chi connectivity index (χ0) is 17.0. The number of hydrogen-bond acceptors (Lipinski definition) is 4. The van der Waals surface area contributed by atoms with Crippen molar-refractivity contribution in [2.75, 3.05) is 38.1 Å². The summed E-state index contributed by atoms with van der Waals surface area (Å²) in [6, 6.07) is 2.46. The van der Waals surface area contributed by atoms with Gasteiger partial charge in [-0.15, -0.1) is 0 Å². The number of hydrogen-bond donors (Lipinski definition) is 1. The van der Waals surface area contributed by atoms with E-state index in [1.54, 1.807) is 6.07 Å². The van der Waals surface area contributed by atoms with Gasteiger partial charge in [0.2, 0.25) is 0 Å². The first kappa shape index (κ1) is 18.0. The van der Waals surface area contributed by atoms with Crippen molar-refractivity contribution in [2.24, 2.45) is 5.92 Å². The fraction of sp³-hybridized carbons (Fsp3) is 0.688. The van der Waals surface area contributed by atoms with Crippen LogP contribution in [0.1, 0.15) is 31.0 Å². The van der Waals surface area contributed by atoms with Gasteiger partial charge in [-0.1, -0.05) is 6.92 Å². The predicted molar refractivity (Wildman–Crippen MR) is 83.3 cm³/mol. The molecule has 23 heavy (non-hydrogen) atoms. The van der Waals surface area contributed by atoms with Gasteiger partial charge in [0.1, 0.15) is 11.5 Å². The number of alkyl halides is 3. The van der Waals surface area contributed by atoms with Crippen molar-refractivity contribution in [2.45, 2.75) is 32.5 Å². The zero-order valence-corrected chi connectivity index (χ0v) is 13.6. The van der Waals surface area contributed by atoms with Gasteiger partial charge in [0.25, 0.3) is 0 Å². The normalized spacial score (nSPS) is 18.9. The molecule has 1 aliphatic rings. The monoisotopic (exact) mass is 331 g/mol. The average molecular weight is 331 g/mol. The van der Waals surface area contributed by atoms with Crippen LogP contribution in [0.25, 0.3) is 0 Å². The molecule has 1 saturated heterocycles. The third-order valence-corrected chi connectivity index (χ3v) is 4.13. The van der Waals surface area contributed by atoms with E-state index in [4.69, 9.17) is 0 Å². The number of rotatable bonds is 6. The molecular weight excluding hydrogens is 307 g/mol. The molecule has 0 aliphatic carbocycles. The lowest BCUT2D eigenvalue weighted by Gasteiger charge is -2.22. The van der Waals surface area contributed by atoms with Crippen LogP contribution in [0, 0.1) is 5.92 Å². The van der Waals surface area contributed by atoms with Crippen molar-refractivity contribution in [3.63, 3.8) is 0 Å². The molecule has 1 atom stereocenters. The van der Waals surface area contributed by atoms with Crippen molar-refractivity contribution >= 4 is 5.82 Å². The van der Waals surface area contributed by atoms with E-state index in [0.717, 1.165) is 32.0 Å². The molecule has 2 heterocycles. The van der Waals surface area contributed by atoms with Crippen LogP contribution in [0.15, 0.2) is 12.1 Å². The molecule has 0 saturated carbocycles. The van der Waals surface area contributed by atoms with Crippen LogP contribution in [0.3, 0.4) is 0 Å². The summed E-state index contributed by atoms with van der Waals surface area (Å²) in [6.07, 6.45) is -2.47. The number of aliphatic hydroxyl groups excluding tert-OH is 1. The highest BCUT2D eigenvalue weighted by Crippen LogP contribution is 2.31. The van der Waals surface area contributed by atoms with Crippen LogP contribution >= 0.6 is 0 Å². The summed E-state index contributed by atoms with van der Waals surface area (Å²) in [5, 5.41) is 9.20. The SMILES string of the molecule is CCCN(C)CC1CCN(c2cc(CO)cc(C(F)(F)F)n2)C1. The van der Waals surface area contributed by atoms with E-state index in [9.17, 15) is 18.3 Å². The topological polar surface area (TPSA) is 39.6 Å². The second-order valence-electron chi connectivity index (χ2n) is 6.24. The summed E-state index contributed by atoms with van der Waals surface area (Å²) in [6.45, 7) is 5.07. The van der Waals surface area contributed by atoms with Gasteiger partial charge < -0.3 is 14.9 Å². The molecule has 2 rings (SSSR count). The maximum absolute atomic E-state index is 12.9. The smallest absolute Gasteiger partial charge is 0.392 e. The Kier molecular flexibility index (Phi) is 5.86. The van der Waals surface area contributed by atoms with Crippen molar-refractivity contribution in [1.29, 1.82) is 0 Å². The van der Waals surface area contributed by atoms with E-state index in [1.165, 1.54) is 0 Å². The Morgan fingerprint density at radius 1 is 1.39 bits per heavy atom. The van der Waals surface area contributed by atoms with Crippen LogP contribution in [-0.4, -0.2) is 48.2 Å². The van der Waals surface area contributed by atoms with Crippen molar-refractivity contribution in [3.8, 4) is 0 Å². The molecule has 7 heteroatoms.